The first-order valence-electron chi connectivity index (χ1n) is 9.95. The third-order valence-corrected chi connectivity index (χ3v) is 5.78. The number of aromatic nitrogens is 4. The van der Waals surface area contributed by atoms with E-state index >= 15 is 0 Å². The van der Waals surface area contributed by atoms with Gasteiger partial charge in [0.15, 0.2) is 11.5 Å². The molecule has 0 unspecified atom stereocenters. The van der Waals surface area contributed by atoms with Crippen molar-refractivity contribution < 1.29 is 18.8 Å². The maximum Gasteiger partial charge on any atom is 0.264 e. The zero-order valence-corrected chi connectivity index (χ0v) is 20.1. The molecule has 0 aliphatic rings. The number of hydrogen-bond donors (Lipinski definition) is 2. The normalized spacial score (nSPS) is 10.8. The van der Waals surface area contributed by atoms with Gasteiger partial charge in [-0.3, -0.25) is 4.79 Å². The summed E-state index contributed by atoms with van der Waals surface area (Å²) in [6.45, 7) is -0.119. The Bertz CT molecular complexity index is 1320. The Morgan fingerprint density at radius 2 is 1.91 bits per heavy atom. The van der Waals surface area contributed by atoms with Crippen molar-refractivity contribution in [3.63, 3.8) is 0 Å². The number of hydrogen-bond acceptors (Lipinski definition) is 9. The number of ether oxygens (including phenoxy) is 2. The molecule has 2 heterocycles. The van der Waals surface area contributed by atoms with Gasteiger partial charge in [-0.2, -0.15) is 10.1 Å². The fourth-order valence-corrected chi connectivity index (χ4v) is 3.91. The summed E-state index contributed by atoms with van der Waals surface area (Å²) >= 11 is 7.30. The van der Waals surface area contributed by atoms with E-state index in [0.717, 1.165) is 5.56 Å². The van der Waals surface area contributed by atoms with E-state index in [2.05, 4.69) is 20.6 Å². The molecule has 12 heteroatoms. The van der Waals surface area contributed by atoms with E-state index in [4.69, 9.17) is 31.3 Å². The molecule has 0 spiro atoms. The van der Waals surface area contributed by atoms with Crippen LogP contribution in [0.3, 0.4) is 0 Å². The minimum Gasteiger partial charge on any atom is -0.493 e. The number of nitrogens with zero attached hydrogens (tertiary/aromatic N) is 4. The third kappa shape index (κ3) is 4.80. The zero-order valence-electron chi connectivity index (χ0n) is 18.5. The van der Waals surface area contributed by atoms with Gasteiger partial charge in [-0.15, -0.1) is 11.8 Å². The van der Waals surface area contributed by atoms with Crippen molar-refractivity contribution in [3.05, 3.63) is 47.5 Å². The van der Waals surface area contributed by atoms with Crippen LogP contribution in [0.15, 0.2) is 52.0 Å². The summed E-state index contributed by atoms with van der Waals surface area (Å²) in [5.74, 6) is 1.56. The van der Waals surface area contributed by atoms with E-state index in [1.165, 1.54) is 23.6 Å². The van der Waals surface area contributed by atoms with E-state index in [-0.39, 0.29) is 24.2 Å². The largest absolute Gasteiger partial charge is 0.493 e. The van der Waals surface area contributed by atoms with Crippen molar-refractivity contribution in [2.45, 2.75) is 11.6 Å². The second-order valence-electron chi connectivity index (χ2n) is 6.98. The summed E-state index contributed by atoms with van der Waals surface area (Å²) in [6.07, 6.45) is 1.84. The van der Waals surface area contributed by atoms with Crippen LogP contribution in [0.5, 0.6) is 11.5 Å². The molecule has 4 rings (SSSR count). The SMILES string of the molecule is COc1ccc(NC(=O)Cn2nc(SC)c(-c3nc(-c4ccc(Cl)cc4)no3)c2N)cc1OC. The number of nitrogen functional groups attached to an aromatic ring is 1. The van der Waals surface area contributed by atoms with E-state index in [1.54, 1.807) is 49.6 Å². The smallest absolute Gasteiger partial charge is 0.264 e. The molecule has 0 aliphatic carbocycles. The van der Waals surface area contributed by atoms with Gasteiger partial charge in [-0.05, 0) is 42.7 Å². The van der Waals surface area contributed by atoms with Gasteiger partial charge in [0.05, 0.1) is 14.2 Å². The van der Waals surface area contributed by atoms with Crippen LogP contribution in [0, 0.1) is 0 Å². The van der Waals surface area contributed by atoms with Crippen molar-refractivity contribution in [2.75, 3.05) is 31.5 Å². The maximum absolute atomic E-state index is 12.7. The molecular formula is C22H21ClN6O4S. The molecule has 0 saturated heterocycles. The maximum atomic E-state index is 12.7. The topological polar surface area (TPSA) is 130 Å². The first-order valence-corrected chi connectivity index (χ1v) is 11.6. The predicted molar refractivity (Wildman–Crippen MR) is 130 cm³/mol. The van der Waals surface area contributed by atoms with Gasteiger partial charge < -0.3 is 25.0 Å². The molecule has 3 N–H and O–H groups in total. The number of halogens is 1. The molecule has 1 amide bonds. The number of methoxy groups -OCH3 is 2. The molecule has 34 heavy (non-hydrogen) atoms. The highest BCUT2D eigenvalue weighted by molar-refractivity contribution is 7.98. The highest BCUT2D eigenvalue weighted by Crippen LogP contribution is 2.35. The Morgan fingerprint density at radius 1 is 1.18 bits per heavy atom. The summed E-state index contributed by atoms with van der Waals surface area (Å²) in [5, 5.41) is 12.4. The lowest BCUT2D eigenvalue weighted by Gasteiger charge is -2.11. The highest BCUT2D eigenvalue weighted by atomic mass is 35.5. The molecule has 0 radical (unpaired) electrons. The minimum atomic E-state index is -0.326. The molecule has 0 saturated carbocycles. The second-order valence-corrected chi connectivity index (χ2v) is 8.21. The molecule has 2 aromatic heterocycles. The van der Waals surface area contributed by atoms with Crippen LogP contribution in [-0.4, -0.2) is 46.3 Å². The van der Waals surface area contributed by atoms with Crippen molar-refractivity contribution in [1.82, 2.24) is 19.9 Å². The molecule has 10 nitrogen and oxygen atoms in total. The van der Waals surface area contributed by atoms with Gasteiger partial charge >= 0.3 is 0 Å². The summed E-state index contributed by atoms with van der Waals surface area (Å²) in [7, 11) is 3.06. The summed E-state index contributed by atoms with van der Waals surface area (Å²) < 4.78 is 17.3. The minimum absolute atomic E-state index is 0.119. The Balaban J connectivity index is 1.55. The number of carbonyl (C=O) groups is 1. The Morgan fingerprint density at radius 3 is 2.59 bits per heavy atom. The first-order chi connectivity index (χ1) is 16.4. The zero-order chi connectivity index (χ0) is 24.2. The number of rotatable bonds is 8. The average molecular weight is 501 g/mol. The lowest BCUT2D eigenvalue weighted by atomic mass is 10.2. The lowest BCUT2D eigenvalue weighted by molar-refractivity contribution is -0.116. The molecule has 0 bridgehead atoms. The number of thioether (sulfide) groups is 1. The van der Waals surface area contributed by atoms with Gasteiger partial charge in [0.1, 0.15) is 23.0 Å². The van der Waals surface area contributed by atoms with E-state index in [0.29, 0.717) is 38.6 Å². The fourth-order valence-electron chi connectivity index (χ4n) is 3.21. The predicted octanol–water partition coefficient (Wildman–Crippen LogP) is 4.21. The van der Waals surface area contributed by atoms with Gasteiger partial charge in [0.2, 0.25) is 11.7 Å². The molecule has 2 aromatic carbocycles. The lowest BCUT2D eigenvalue weighted by Crippen LogP contribution is -2.20. The van der Waals surface area contributed by atoms with Crippen LogP contribution in [0.1, 0.15) is 0 Å². The molecular weight excluding hydrogens is 480 g/mol. The van der Waals surface area contributed by atoms with Crippen molar-refractivity contribution in [2.24, 2.45) is 0 Å². The Hall–Kier alpha value is -3.70. The van der Waals surface area contributed by atoms with Crippen LogP contribution < -0.4 is 20.5 Å². The fraction of sp³-hybridized carbons (Fsp3) is 0.182. The quantitative estimate of drug-likeness (QED) is 0.341. The van der Waals surface area contributed by atoms with Crippen LogP contribution in [-0.2, 0) is 11.3 Å². The standard InChI is InChI=1S/C22H21ClN6O4S/c1-31-15-9-8-14(10-16(15)32-2)25-17(30)11-29-19(24)18(22(27-29)34-3)21-26-20(28-33-21)12-4-6-13(23)7-5-12/h4-10H,11,24H2,1-3H3,(H,25,30). The number of nitrogens with one attached hydrogen (secondary N) is 1. The van der Waals surface area contributed by atoms with Crippen molar-refractivity contribution >= 4 is 40.8 Å². The van der Waals surface area contributed by atoms with Crippen LogP contribution in [0.25, 0.3) is 22.8 Å². The summed E-state index contributed by atoms with van der Waals surface area (Å²) in [6, 6.07) is 12.1. The number of anilines is 2. The van der Waals surface area contributed by atoms with Gasteiger partial charge in [0, 0.05) is 22.3 Å². The Labute approximate surface area is 204 Å². The van der Waals surface area contributed by atoms with E-state index < -0.39 is 0 Å². The molecule has 176 valence electrons. The van der Waals surface area contributed by atoms with Crippen LogP contribution in [0.2, 0.25) is 5.02 Å². The number of carbonyl (C=O) groups excluding carboxylic acids is 1. The van der Waals surface area contributed by atoms with Crippen molar-refractivity contribution in [1.29, 1.82) is 0 Å². The second kappa shape index (κ2) is 10.1. The number of nitrogens with two attached hydrogens (primary N) is 1. The monoisotopic (exact) mass is 500 g/mol. The van der Waals surface area contributed by atoms with E-state index in [1.807, 2.05) is 6.26 Å². The Kier molecular flexibility index (Phi) is 6.94. The third-order valence-electron chi connectivity index (χ3n) is 4.86. The summed E-state index contributed by atoms with van der Waals surface area (Å²) in [4.78, 5) is 17.1. The molecule has 0 fully saturated rings. The average Bonchev–Trinajstić information content (AvgIpc) is 3.44. The van der Waals surface area contributed by atoms with Crippen molar-refractivity contribution in [3.8, 4) is 34.3 Å². The van der Waals surface area contributed by atoms with Gasteiger partial charge in [0.25, 0.3) is 5.89 Å². The number of amides is 1. The van der Waals surface area contributed by atoms with E-state index in [9.17, 15) is 4.79 Å². The first kappa shape index (κ1) is 23.5. The molecule has 4 aromatic rings. The molecule has 0 atom stereocenters. The van der Waals surface area contributed by atoms with Crippen LogP contribution >= 0.6 is 23.4 Å². The van der Waals surface area contributed by atoms with Gasteiger partial charge in [-0.1, -0.05) is 16.8 Å². The van der Waals surface area contributed by atoms with Gasteiger partial charge in [-0.25, -0.2) is 4.68 Å². The summed E-state index contributed by atoms with van der Waals surface area (Å²) in [5.41, 5.74) is 8.09. The number of benzene rings is 2. The highest BCUT2D eigenvalue weighted by Gasteiger charge is 2.24. The van der Waals surface area contributed by atoms with Crippen LogP contribution in [0.4, 0.5) is 11.5 Å². The molecule has 0 aliphatic heterocycles.